The van der Waals surface area contributed by atoms with Gasteiger partial charge in [0.2, 0.25) is 27.7 Å². The maximum absolute atomic E-state index is 14.4. The highest BCUT2D eigenvalue weighted by Gasteiger charge is 2.49. The molecular formula is C52H84N8O10S. The second-order valence-electron chi connectivity index (χ2n) is 20.3. The van der Waals surface area contributed by atoms with Crippen LogP contribution in [-0.4, -0.2) is 175 Å². The van der Waals surface area contributed by atoms with Crippen LogP contribution in [0.2, 0.25) is 0 Å². The summed E-state index contributed by atoms with van der Waals surface area (Å²) in [4.78, 5) is 81.2. The Labute approximate surface area is 424 Å². The SMILES string of the molecule is CC[C@H](C)[C@@H]([C@@H](CC(=O)N1CCC[C@H]1[C@H](OC)[C@@H](C)C(=O)N[C@@H](Cc1ccccc1)C(=O)NS(=O)(=O)CCCNC(=O)OCC1[C@H]2CCC#CCC[C@@H]12)OC)N(C)C(=O)[C@@H](N=C(N(C)C)N(C)C)C(C)C. The molecule has 1 unspecified atom stereocenters. The van der Waals surface area contributed by atoms with Crippen molar-refractivity contribution in [2.24, 2.45) is 40.5 Å². The Bertz CT molecular complexity index is 2100. The van der Waals surface area contributed by atoms with Crippen molar-refractivity contribution in [3.8, 4) is 11.8 Å². The molecule has 398 valence electrons. The van der Waals surface area contributed by atoms with E-state index in [-0.39, 0.29) is 49.5 Å². The second kappa shape index (κ2) is 27.8. The molecule has 1 aromatic carbocycles. The Morgan fingerprint density at radius 1 is 0.887 bits per heavy atom. The fourth-order valence-corrected chi connectivity index (χ4v) is 11.4. The number of carbonyl (C=O) groups is 5. The van der Waals surface area contributed by atoms with E-state index in [4.69, 9.17) is 19.2 Å². The average Bonchev–Trinajstić information content (AvgIpc) is 3.70. The van der Waals surface area contributed by atoms with E-state index < -0.39 is 76.0 Å². The number of hydrogen-bond donors (Lipinski definition) is 3. The summed E-state index contributed by atoms with van der Waals surface area (Å²) in [5, 5.41) is 5.40. The van der Waals surface area contributed by atoms with E-state index in [9.17, 15) is 32.4 Å². The number of ether oxygens (including phenoxy) is 3. The molecule has 1 saturated carbocycles. The van der Waals surface area contributed by atoms with E-state index in [1.165, 1.54) is 7.11 Å². The molecule has 1 aliphatic heterocycles. The molecule has 19 heteroatoms. The van der Waals surface area contributed by atoms with Gasteiger partial charge in [0, 0.05) is 81.8 Å². The van der Waals surface area contributed by atoms with Gasteiger partial charge >= 0.3 is 6.09 Å². The number of hydrogen-bond acceptors (Lipinski definition) is 11. The molecule has 71 heavy (non-hydrogen) atoms. The molecule has 0 spiro atoms. The van der Waals surface area contributed by atoms with Crippen LogP contribution in [0.4, 0.5) is 4.79 Å². The van der Waals surface area contributed by atoms with Gasteiger partial charge in [-0.1, -0.05) is 71.4 Å². The van der Waals surface area contributed by atoms with E-state index >= 15 is 0 Å². The van der Waals surface area contributed by atoms with Gasteiger partial charge < -0.3 is 44.4 Å². The van der Waals surface area contributed by atoms with Gasteiger partial charge in [-0.2, -0.15) is 0 Å². The van der Waals surface area contributed by atoms with Gasteiger partial charge in [0.1, 0.15) is 12.1 Å². The van der Waals surface area contributed by atoms with E-state index in [0.717, 1.165) is 32.1 Å². The Balaban J connectivity index is 1.40. The lowest BCUT2D eigenvalue weighted by molar-refractivity contribution is -0.146. The summed E-state index contributed by atoms with van der Waals surface area (Å²) in [5.41, 5.74) is 0.691. The van der Waals surface area contributed by atoms with E-state index in [0.29, 0.717) is 55.3 Å². The molecule has 1 heterocycles. The molecule has 18 nitrogen and oxygen atoms in total. The van der Waals surface area contributed by atoms with Crippen molar-refractivity contribution in [3.63, 3.8) is 0 Å². The largest absolute Gasteiger partial charge is 0.449 e. The van der Waals surface area contributed by atoms with E-state index in [1.54, 1.807) is 55.1 Å². The summed E-state index contributed by atoms with van der Waals surface area (Å²) in [6.45, 7) is 10.4. The summed E-state index contributed by atoms with van der Waals surface area (Å²) < 4.78 is 46.1. The molecule has 3 N–H and O–H groups in total. The number of sulfonamides is 1. The number of aliphatic imine (C=N–C) groups is 1. The fourth-order valence-electron chi connectivity index (χ4n) is 10.4. The maximum atomic E-state index is 14.4. The van der Waals surface area contributed by atoms with Crippen LogP contribution in [0.25, 0.3) is 0 Å². The number of alkyl carbamates (subject to hydrolysis) is 1. The number of amides is 5. The van der Waals surface area contributed by atoms with Gasteiger partial charge in [-0.05, 0) is 67.3 Å². The Hall–Kier alpha value is -4.93. The molecule has 4 rings (SSSR count). The Morgan fingerprint density at radius 2 is 1.52 bits per heavy atom. The number of nitrogens with zero attached hydrogens (tertiary/aromatic N) is 5. The molecule has 0 aromatic heterocycles. The zero-order valence-electron chi connectivity index (χ0n) is 44.4. The number of nitrogens with one attached hydrogen (secondary N) is 3. The van der Waals surface area contributed by atoms with Crippen LogP contribution in [0.15, 0.2) is 35.3 Å². The summed E-state index contributed by atoms with van der Waals surface area (Å²) in [5.74, 6) is 5.02. The topological polar surface area (TPSA) is 209 Å². The number of likely N-dealkylation sites (tertiary alicyclic amines) is 1. The zero-order valence-corrected chi connectivity index (χ0v) is 45.3. The van der Waals surface area contributed by atoms with E-state index in [2.05, 4.69) is 27.2 Å². The number of rotatable bonds is 25. The third-order valence-corrected chi connectivity index (χ3v) is 15.8. The first-order valence-corrected chi connectivity index (χ1v) is 27.1. The smallest absolute Gasteiger partial charge is 0.407 e. The molecule has 3 aliphatic rings. The third kappa shape index (κ3) is 16.8. The number of fused-ring (bicyclic) bond motifs is 1. The standard InChI is InChI=1S/C52H84N8O10S/c1-13-35(4)46(59(10)50(64)45(34(2)3)55-51(57(6)7)58(8)9)43(68-11)32-44(61)60-29-21-27-42(60)47(69-12)36(5)48(62)54-41(31-37-23-17-16-18-24-37)49(63)56-71(66,67)30-22-28-53-52(65)70-33-40-38-25-19-14-15-20-26-39(38)40/h16-18,23-24,34-36,38-43,45-47H,13,19-22,25-33H2,1-12H3,(H,53,65)(H,54,62)(H,56,63)/t35-,36+,38-,39+,40?,41-,42-,43+,45-,46-,47+/m0/s1. The number of carbonyl (C=O) groups excluding carboxylic acids is 5. The molecule has 11 atom stereocenters. The third-order valence-electron chi connectivity index (χ3n) is 14.5. The van der Waals surface area contributed by atoms with Crippen LogP contribution in [0.3, 0.4) is 0 Å². The summed E-state index contributed by atoms with van der Waals surface area (Å²) >= 11 is 0. The highest BCUT2D eigenvalue weighted by molar-refractivity contribution is 7.90. The molecule has 0 bridgehead atoms. The van der Waals surface area contributed by atoms with Crippen molar-refractivity contribution >= 4 is 45.7 Å². The molecule has 0 radical (unpaired) electrons. The van der Waals surface area contributed by atoms with Gasteiger partial charge in [-0.25, -0.2) is 18.2 Å². The molecular weight excluding hydrogens is 929 g/mol. The van der Waals surface area contributed by atoms with Crippen LogP contribution in [-0.2, 0) is 49.8 Å². The van der Waals surface area contributed by atoms with Crippen molar-refractivity contribution in [1.82, 2.24) is 35.0 Å². The van der Waals surface area contributed by atoms with Crippen molar-refractivity contribution in [1.29, 1.82) is 0 Å². The first-order valence-electron chi connectivity index (χ1n) is 25.4. The fraction of sp³-hybridized carbons (Fsp3) is 0.731. The van der Waals surface area contributed by atoms with Crippen LogP contribution in [0.5, 0.6) is 0 Å². The zero-order chi connectivity index (χ0) is 52.6. The minimum Gasteiger partial charge on any atom is -0.449 e. The molecule has 1 saturated heterocycles. The predicted molar refractivity (Wildman–Crippen MR) is 274 cm³/mol. The monoisotopic (exact) mass is 1010 g/mol. The molecule has 1 aromatic rings. The van der Waals surface area contributed by atoms with Crippen LogP contribution in [0, 0.1) is 47.3 Å². The highest BCUT2D eigenvalue weighted by Crippen LogP contribution is 2.52. The normalized spacial score (nSPS) is 21.5. The summed E-state index contributed by atoms with van der Waals surface area (Å²) in [6.07, 6.45) is 3.59. The van der Waals surface area contributed by atoms with Gasteiger partial charge in [0.05, 0.1) is 49.0 Å². The van der Waals surface area contributed by atoms with E-state index in [1.807, 2.05) is 71.8 Å². The van der Waals surface area contributed by atoms with Gasteiger partial charge in [-0.3, -0.25) is 23.9 Å². The molecule has 5 amide bonds. The van der Waals surface area contributed by atoms with Gasteiger partial charge in [-0.15, -0.1) is 11.8 Å². The number of methoxy groups -OCH3 is 2. The second-order valence-corrected chi connectivity index (χ2v) is 22.2. The minimum atomic E-state index is -4.18. The summed E-state index contributed by atoms with van der Waals surface area (Å²) in [6, 6.07) is 6.00. The first-order chi connectivity index (χ1) is 33.7. The van der Waals surface area contributed by atoms with Crippen LogP contribution >= 0.6 is 0 Å². The lowest BCUT2D eigenvalue weighted by Gasteiger charge is -2.40. The highest BCUT2D eigenvalue weighted by atomic mass is 32.2. The average molecular weight is 1010 g/mol. The van der Waals surface area contributed by atoms with Crippen molar-refractivity contribution in [3.05, 3.63) is 35.9 Å². The predicted octanol–water partition coefficient (Wildman–Crippen LogP) is 4.14. The quantitative estimate of drug-likeness (QED) is 0.0547. The lowest BCUT2D eigenvalue weighted by Crippen LogP contribution is -2.56. The van der Waals surface area contributed by atoms with Gasteiger partial charge in [0.25, 0.3) is 5.91 Å². The minimum absolute atomic E-state index is 0.00108. The van der Waals surface area contributed by atoms with Crippen LogP contribution in [0.1, 0.15) is 98.0 Å². The Kier molecular flexibility index (Phi) is 22.9. The number of likely N-dealkylation sites (N-methyl/N-ethyl adjacent to an activating group) is 1. The maximum Gasteiger partial charge on any atom is 0.407 e. The molecule has 2 aliphatic carbocycles. The molecule has 2 fully saturated rings. The lowest BCUT2D eigenvalue weighted by atomic mass is 9.89. The van der Waals surface area contributed by atoms with Crippen LogP contribution < -0.4 is 15.4 Å². The van der Waals surface area contributed by atoms with Crippen molar-refractivity contribution < 1.29 is 46.6 Å². The summed E-state index contributed by atoms with van der Waals surface area (Å²) in [7, 11) is 8.13. The van der Waals surface area contributed by atoms with Crippen molar-refractivity contribution in [2.45, 2.75) is 135 Å². The van der Waals surface area contributed by atoms with Crippen molar-refractivity contribution in [2.75, 3.05) is 74.9 Å². The van der Waals surface area contributed by atoms with Gasteiger partial charge in [0.15, 0.2) is 5.96 Å². The number of guanidine groups is 1. The first kappa shape index (κ1) is 58.6. The Morgan fingerprint density at radius 3 is 2.08 bits per heavy atom. The number of benzene rings is 1.